The molecule has 0 amide bonds. The Morgan fingerprint density at radius 1 is 1.56 bits per heavy atom. The van der Waals surface area contributed by atoms with Gasteiger partial charge >= 0.3 is 0 Å². The average molecular weight is 251 g/mol. The van der Waals surface area contributed by atoms with Gasteiger partial charge in [-0.3, -0.25) is 4.79 Å². The molecule has 18 heavy (non-hydrogen) atoms. The number of hydrogen-bond acceptors (Lipinski definition) is 3. The molecule has 0 bridgehead atoms. The maximum Gasteiger partial charge on any atom is 0.165 e. The number of likely N-dealkylation sites (N-methyl/N-ethyl adjacent to an activating group) is 1. The first-order chi connectivity index (χ1) is 8.52. The lowest BCUT2D eigenvalue weighted by Gasteiger charge is -2.15. The summed E-state index contributed by atoms with van der Waals surface area (Å²) >= 11 is 0. The number of benzene rings is 1. The molecule has 1 N–H and O–H groups in total. The lowest BCUT2D eigenvalue weighted by Crippen LogP contribution is -2.26. The summed E-state index contributed by atoms with van der Waals surface area (Å²) in [6.07, 6.45) is 2.95. The first-order valence-corrected chi connectivity index (χ1v) is 5.82. The normalized spacial score (nSPS) is 12.7. The van der Waals surface area contributed by atoms with Crippen LogP contribution in [0.3, 0.4) is 0 Å². The van der Waals surface area contributed by atoms with Crippen LogP contribution in [0.1, 0.15) is 19.4 Å². The first kappa shape index (κ1) is 14.4. The molecule has 1 aromatic carbocycles. The van der Waals surface area contributed by atoms with Gasteiger partial charge in [-0.15, -0.1) is 0 Å². The molecule has 0 aliphatic rings. The van der Waals surface area contributed by atoms with E-state index in [1.54, 1.807) is 18.2 Å². The lowest BCUT2D eigenvalue weighted by molar-refractivity contribution is -0.112. The van der Waals surface area contributed by atoms with Crippen molar-refractivity contribution < 1.29 is 13.9 Å². The summed E-state index contributed by atoms with van der Waals surface area (Å²) in [7, 11) is 1.81. The molecule has 4 heteroatoms. The van der Waals surface area contributed by atoms with Gasteiger partial charge in [0, 0.05) is 6.54 Å². The van der Waals surface area contributed by atoms with Crippen LogP contribution >= 0.6 is 0 Å². The van der Waals surface area contributed by atoms with Gasteiger partial charge in [0.2, 0.25) is 0 Å². The molecule has 3 nitrogen and oxygen atoms in total. The van der Waals surface area contributed by atoms with Crippen LogP contribution in [0.25, 0.3) is 6.08 Å². The Bertz CT molecular complexity index is 443. The van der Waals surface area contributed by atoms with Crippen LogP contribution in [-0.4, -0.2) is 25.5 Å². The number of rotatable bonds is 6. The van der Waals surface area contributed by atoms with E-state index in [1.807, 2.05) is 14.0 Å². The van der Waals surface area contributed by atoms with Crippen LogP contribution in [-0.2, 0) is 4.79 Å². The molecule has 0 heterocycles. The van der Waals surface area contributed by atoms with Gasteiger partial charge < -0.3 is 10.1 Å². The van der Waals surface area contributed by atoms with E-state index in [-0.39, 0.29) is 17.6 Å². The van der Waals surface area contributed by atoms with Crippen LogP contribution in [0.5, 0.6) is 5.75 Å². The molecular weight excluding hydrogens is 233 g/mol. The molecule has 1 atom stereocenters. The van der Waals surface area contributed by atoms with Crippen molar-refractivity contribution in [1.29, 1.82) is 0 Å². The van der Waals surface area contributed by atoms with Crippen LogP contribution < -0.4 is 10.1 Å². The topological polar surface area (TPSA) is 38.3 Å². The highest BCUT2D eigenvalue weighted by Crippen LogP contribution is 2.20. The maximum atomic E-state index is 13.5. The summed E-state index contributed by atoms with van der Waals surface area (Å²) in [5.41, 5.74) is 0.734. The van der Waals surface area contributed by atoms with Gasteiger partial charge in [-0.2, -0.15) is 0 Å². The number of carbonyl (C=O) groups excluding carboxylic acids is 1. The van der Waals surface area contributed by atoms with Gasteiger partial charge in [0.25, 0.3) is 0 Å². The third-order valence-corrected chi connectivity index (χ3v) is 2.29. The Morgan fingerprint density at radius 2 is 2.28 bits per heavy atom. The largest absolute Gasteiger partial charge is 0.486 e. The number of allylic oxidation sites excluding steroid dienone is 1. The van der Waals surface area contributed by atoms with E-state index < -0.39 is 5.82 Å². The van der Waals surface area contributed by atoms with Crippen molar-refractivity contribution in [2.75, 3.05) is 13.6 Å². The number of ketones is 1. The molecule has 0 fully saturated rings. The fraction of sp³-hybridized carbons (Fsp3) is 0.357. The van der Waals surface area contributed by atoms with Crippen LogP contribution in [0.4, 0.5) is 4.39 Å². The molecule has 0 spiro atoms. The van der Waals surface area contributed by atoms with Gasteiger partial charge in [-0.05, 0) is 44.7 Å². The van der Waals surface area contributed by atoms with Gasteiger partial charge in [0.15, 0.2) is 17.3 Å². The molecule has 98 valence electrons. The van der Waals surface area contributed by atoms with Crippen molar-refractivity contribution in [3.8, 4) is 5.75 Å². The van der Waals surface area contributed by atoms with Gasteiger partial charge in [-0.1, -0.05) is 12.1 Å². The molecule has 0 saturated heterocycles. The molecule has 1 unspecified atom stereocenters. The monoisotopic (exact) mass is 251 g/mol. The van der Waals surface area contributed by atoms with Crippen LogP contribution in [0.15, 0.2) is 24.3 Å². The summed E-state index contributed by atoms with van der Waals surface area (Å²) in [6, 6.07) is 4.52. The van der Waals surface area contributed by atoms with Crippen molar-refractivity contribution in [3.05, 3.63) is 35.7 Å². The van der Waals surface area contributed by atoms with E-state index in [0.29, 0.717) is 6.54 Å². The van der Waals surface area contributed by atoms with E-state index in [4.69, 9.17) is 4.74 Å². The average Bonchev–Trinajstić information content (AvgIpc) is 2.30. The van der Waals surface area contributed by atoms with E-state index in [9.17, 15) is 9.18 Å². The molecule has 0 radical (unpaired) electrons. The number of hydrogen-bond donors (Lipinski definition) is 1. The zero-order valence-electron chi connectivity index (χ0n) is 10.9. The van der Waals surface area contributed by atoms with Crippen molar-refractivity contribution in [1.82, 2.24) is 5.32 Å². The quantitative estimate of drug-likeness (QED) is 0.789. The summed E-state index contributed by atoms with van der Waals surface area (Å²) in [4.78, 5) is 10.8. The second kappa shape index (κ2) is 6.91. The number of nitrogens with one attached hydrogen (secondary N) is 1. The molecule has 1 aromatic rings. The number of ether oxygens (including phenoxy) is 1. The predicted molar refractivity (Wildman–Crippen MR) is 70.1 cm³/mol. The van der Waals surface area contributed by atoms with E-state index in [2.05, 4.69) is 5.32 Å². The first-order valence-electron chi connectivity index (χ1n) is 5.82. The number of halogens is 1. The van der Waals surface area contributed by atoms with Crippen molar-refractivity contribution in [3.63, 3.8) is 0 Å². The maximum absolute atomic E-state index is 13.5. The Hall–Kier alpha value is -1.68. The third-order valence-electron chi connectivity index (χ3n) is 2.29. The summed E-state index contributed by atoms with van der Waals surface area (Å²) in [5, 5.41) is 2.96. The molecule has 0 aromatic heterocycles. The summed E-state index contributed by atoms with van der Waals surface area (Å²) in [5.74, 6) is -0.258. The Labute approximate surface area is 107 Å². The van der Waals surface area contributed by atoms with Crippen molar-refractivity contribution in [2.24, 2.45) is 0 Å². The van der Waals surface area contributed by atoms with Gasteiger partial charge in [0.05, 0.1) is 0 Å². The Balaban J connectivity index is 2.84. The predicted octanol–water partition coefficient (Wildman–Crippen LogP) is 2.41. The summed E-state index contributed by atoms with van der Waals surface area (Å²) in [6.45, 7) is 3.95. The van der Waals surface area contributed by atoms with Gasteiger partial charge in [0.1, 0.15) is 6.10 Å². The zero-order chi connectivity index (χ0) is 13.5. The molecule has 0 aliphatic heterocycles. The molecule has 0 saturated carbocycles. The van der Waals surface area contributed by atoms with Crippen molar-refractivity contribution in [2.45, 2.75) is 20.0 Å². The Morgan fingerprint density at radius 3 is 2.89 bits per heavy atom. The minimum Gasteiger partial charge on any atom is -0.486 e. The Kier molecular flexibility index (Phi) is 5.52. The van der Waals surface area contributed by atoms with Gasteiger partial charge in [-0.25, -0.2) is 4.39 Å². The molecule has 0 aliphatic carbocycles. The molecular formula is C14H18FNO2. The lowest BCUT2D eigenvalue weighted by atomic mass is 10.2. The van der Waals surface area contributed by atoms with E-state index >= 15 is 0 Å². The van der Waals surface area contributed by atoms with E-state index in [1.165, 1.54) is 19.1 Å². The smallest absolute Gasteiger partial charge is 0.165 e. The van der Waals surface area contributed by atoms with Crippen molar-refractivity contribution >= 4 is 11.9 Å². The SMILES string of the molecule is CNCC(C)Oc1cc(/C=C/C(C)=O)ccc1F. The highest BCUT2D eigenvalue weighted by Gasteiger charge is 2.08. The third kappa shape index (κ3) is 4.67. The highest BCUT2D eigenvalue weighted by atomic mass is 19.1. The molecule has 1 rings (SSSR count). The second-order valence-corrected chi connectivity index (χ2v) is 4.12. The van der Waals surface area contributed by atoms with E-state index in [0.717, 1.165) is 5.56 Å². The highest BCUT2D eigenvalue weighted by molar-refractivity contribution is 5.91. The fourth-order valence-corrected chi connectivity index (χ4v) is 1.47. The van der Waals surface area contributed by atoms with Crippen LogP contribution in [0.2, 0.25) is 0 Å². The minimum absolute atomic E-state index is 0.0506. The zero-order valence-corrected chi connectivity index (χ0v) is 10.9. The second-order valence-electron chi connectivity index (χ2n) is 4.12. The standard InChI is InChI=1S/C14H18FNO2/c1-10(17)4-5-12-6-7-13(15)14(8-12)18-11(2)9-16-3/h4-8,11,16H,9H2,1-3H3/b5-4+. The summed E-state index contributed by atoms with van der Waals surface area (Å²) < 4.78 is 19.0. The fourth-order valence-electron chi connectivity index (χ4n) is 1.47. The number of carbonyl (C=O) groups is 1. The minimum atomic E-state index is -0.405. The van der Waals surface area contributed by atoms with Crippen LogP contribution in [0, 0.1) is 5.82 Å².